The third-order valence-corrected chi connectivity index (χ3v) is 8.12. The van der Waals surface area contributed by atoms with E-state index in [1.54, 1.807) is 24.5 Å². The molecular weight excluding hydrogens is 552 g/mol. The Kier molecular flexibility index (Phi) is 8.58. The van der Waals surface area contributed by atoms with Gasteiger partial charge in [-0.05, 0) is 64.0 Å². The average Bonchev–Trinajstić information content (AvgIpc) is 3.61. The number of hydrogen-bond acceptors (Lipinski definition) is 13. The highest BCUT2D eigenvalue weighted by Crippen LogP contribution is 2.25. The highest BCUT2D eigenvalue weighted by Gasteiger charge is 2.31. The number of carbonyl (C=O) groups excluding carboxylic acids is 1. The van der Waals surface area contributed by atoms with Crippen LogP contribution in [0.2, 0.25) is 0 Å². The summed E-state index contributed by atoms with van der Waals surface area (Å²) in [6.45, 7) is 6.07. The molecule has 2 fully saturated rings. The molecular formula is C29H34N10O2S. The Morgan fingerprint density at radius 1 is 1.00 bits per heavy atom. The van der Waals surface area contributed by atoms with E-state index in [4.69, 9.17) is 9.72 Å². The fourth-order valence-corrected chi connectivity index (χ4v) is 5.94. The van der Waals surface area contributed by atoms with E-state index in [0.717, 1.165) is 50.3 Å². The SMILES string of the molecule is Cc1cccc(-c2nccc(Nc3ccnc(Nc4nc(CN5CCC[C@@H](C(=O)O[C@H]6CCN(C)C6)C5)cs4)n3)n2)n1. The van der Waals surface area contributed by atoms with Gasteiger partial charge >= 0.3 is 5.97 Å². The molecule has 4 aromatic rings. The summed E-state index contributed by atoms with van der Waals surface area (Å²) in [6, 6.07) is 9.30. The predicted octanol–water partition coefficient (Wildman–Crippen LogP) is 4.04. The van der Waals surface area contributed by atoms with Gasteiger partial charge in [-0.25, -0.2) is 24.9 Å². The fraction of sp³-hybridized carbons (Fsp3) is 0.414. The summed E-state index contributed by atoms with van der Waals surface area (Å²) in [5.74, 6) is 2.00. The number of anilines is 4. The quantitative estimate of drug-likeness (QED) is 0.274. The Morgan fingerprint density at radius 3 is 2.69 bits per heavy atom. The number of likely N-dealkylation sites (tertiary alicyclic amines) is 2. The van der Waals surface area contributed by atoms with E-state index in [1.807, 2.05) is 30.5 Å². The van der Waals surface area contributed by atoms with Crippen molar-refractivity contribution in [3.05, 3.63) is 59.5 Å². The molecule has 42 heavy (non-hydrogen) atoms. The summed E-state index contributed by atoms with van der Waals surface area (Å²) in [7, 11) is 2.06. The van der Waals surface area contributed by atoms with Gasteiger partial charge < -0.3 is 15.0 Å². The number of aryl methyl sites for hydroxylation is 1. The molecule has 0 aromatic carbocycles. The lowest BCUT2D eigenvalue weighted by molar-refractivity contribution is -0.155. The molecule has 2 atom stereocenters. The Morgan fingerprint density at radius 2 is 1.86 bits per heavy atom. The lowest BCUT2D eigenvalue weighted by atomic mass is 9.98. The van der Waals surface area contributed by atoms with Crippen LogP contribution in [0.3, 0.4) is 0 Å². The standard InChI is InChI=1S/C29H34N10O2S/c1-19-5-3-7-23(32-19)26-30-11-8-24(35-26)34-25-9-12-31-28(36-25)37-29-33-21(18-42-29)16-39-13-4-6-20(15-39)27(40)41-22-10-14-38(2)17-22/h3,5,7-9,11-12,18,20,22H,4,6,10,13-17H2,1-2H3,(H2,30,31,33,34,35,36,37)/t20-,22+/m1/s1. The van der Waals surface area contributed by atoms with E-state index in [9.17, 15) is 4.79 Å². The molecule has 0 radical (unpaired) electrons. The molecule has 6 rings (SSSR count). The zero-order chi connectivity index (χ0) is 28.9. The number of esters is 1. The van der Waals surface area contributed by atoms with Crippen LogP contribution in [0.1, 0.15) is 30.7 Å². The predicted molar refractivity (Wildman–Crippen MR) is 161 cm³/mol. The molecule has 13 heteroatoms. The molecule has 0 spiro atoms. The van der Waals surface area contributed by atoms with Crippen molar-refractivity contribution in [3.8, 4) is 11.5 Å². The summed E-state index contributed by atoms with van der Waals surface area (Å²) in [4.78, 5) is 44.4. The zero-order valence-corrected chi connectivity index (χ0v) is 24.5. The molecule has 2 saturated heterocycles. The van der Waals surface area contributed by atoms with Crippen LogP contribution >= 0.6 is 11.3 Å². The maximum absolute atomic E-state index is 12.8. The van der Waals surface area contributed by atoms with Crippen LogP contribution in [0.4, 0.5) is 22.7 Å². The number of likely N-dealkylation sites (N-methyl/N-ethyl adjacent to an activating group) is 1. The van der Waals surface area contributed by atoms with Gasteiger partial charge in [0.1, 0.15) is 23.4 Å². The molecule has 4 aromatic heterocycles. The van der Waals surface area contributed by atoms with Gasteiger partial charge in [-0.1, -0.05) is 6.07 Å². The number of ether oxygens (including phenoxy) is 1. The van der Waals surface area contributed by atoms with Gasteiger partial charge in [0, 0.05) is 49.6 Å². The third-order valence-electron chi connectivity index (χ3n) is 7.31. The molecule has 0 amide bonds. The van der Waals surface area contributed by atoms with Crippen molar-refractivity contribution >= 4 is 40.0 Å². The van der Waals surface area contributed by atoms with Crippen LogP contribution in [0.5, 0.6) is 0 Å². The van der Waals surface area contributed by atoms with E-state index < -0.39 is 0 Å². The van der Waals surface area contributed by atoms with E-state index in [2.05, 4.69) is 52.4 Å². The number of hydrogen-bond donors (Lipinski definition) is 2. The first-order chi connectivity index (χ1) is 20.5. The van der Waals surface area contributed by atoms with Crippen LogP contribution in [0, 0.1) is 12.8 Å². The van der Waals surface area contributed by atoms with Crippen molar-refractivity contribution in [2.75, 3.05) is 43.9 Å². The molecule has 0 saturated carbocycles. The third kappa shape index (κ3) is 7.22. The number of pyridine rings is 1. The first-order valence-corrected chi connectivity index (χ1v) is 15.0. The average molecular weight is 587 g/mol. The summed E-state index contributed by atoms with van der Waals surface area (Å²) in [5.41, 5.74) is 2.56. The Balaban J connectivity index is 1.04. The van der Waals surface area contributed by atoms with Gasteiger partial charge in [0.25, 0.3) is 0 Å². The molecule has 2 aliphatic heterocycles. The maximum atomic E-state index is 12.8. The number of carbonyl (C=O) groups is 1. The number of thiazole rings is 1. The van der Waals surface area contributed by atoms with E-state index in [0.29, 0.717) is 47.3 Å². The Labute approximate surface area is 248 Å². The minimum Gasteiger partial charge on any atom is -0.461 e. The second-order valence-corrected chi connectivity index (χ2v) is 11.6. The smallest absolute Gasteiger partial charge is 0.310 e. The van der Waals surface area contributed by atoms with Crippen LogP contribution in [-0.2, 0) is 16.1 Å². The first kappa shape index (κ1) is 28.1. The van der Waals surface area contributed by atoms with Crippen molar-refractivity contribution in [3.63, 3.8) is 0 Å². The Bertz CT molecular complexity index is 1530. The van der Waals surface area contributed by atoms with Gasteiger partial charge in [0.15, 0.2) is 11.0 Å². The topological polar surface area (TPSA) is 134 Å². The van der Waals surface area contributed by atoms with Gasteiger partial charge in [0.2, 0.25) is 5.95 Å². The largest absolute Gasteiger partial charge is 0.461 e. The van der Waals surface area contributed by atoms with Crippen LogP contribution in [0.15, 0.2) is 48.1 Å². The molecule has 12 nitrogen and oxygen atoms in total. The number of aromatic nitrogens is 6. The second kappa shape index (κ2) is 12.8. The van der Waals surface area contributed by atoms with Crippen molar-refractivity contribution in [2.45, 2.75) is 38.8 Å². The molecule has 218 valence electrons. The molecule has 0 unspecified atom stereocenters. The molecule has 0 bridgehead atoms. The normalized spacial score (nSPS) is 19.5. The second-order valence-electron chi connectivity index (χ2n) is 10.8. The summed E-state index contributed by atoms with van der Waals surface area (Å²) >= 11 is 1.50. The molecule has 0 aliphatic carbocycles. The fourth-order valence-electron chi connectivity index (χ4n) is 5.24. The molecule has 2 N–H and O–H groups in total. The number of nitrogens with one attached hydrogen (secondary N) is 2. The minimum atomic E-state index is -0.0800. The van der Waals surface area contributed by atoms with Crippen LogP contribution in [-0.4, -0.2) is 85.0 Å². The lowest BCUT2D eigenvalue weighted by Crippen LogP contribution is -2.40. The highest BCUT2D eigenvalue weighted by molar-refractivity contribution is 7.13. The van der Waals surface area contributed by atoms with Crippen molar-refractivity contribution < 1.29 is 9.53 Å². The molecule has 6 heterocycles. The van der Waals surface area contributed by atoms with Crippen molar-refractivity contribution in [1.82, 2.24) is 39.7 Å². The van der Waals surface area contributed by atoms with Gasteiger partial charge in [0.05, 0.1) is 11.6 Å². The first-order valence-electron chi connectivity index (χ1n) is 14.2. The monoisotopic (exact) mass is 586 g/mol. The summed E-state index contributed by atoms with van der Waals surface area (Å²) < 4.78 is 5.81. The molecule has 2 aliphatic rings. The summed E-state index contributed by atoms with van der Waals surface area (Å²) in [5, 5.41) is 9.16. The maximum Gasteiger partial charge on any atom is 0.310 e. The number of piperidine rings is 1. The van der Waals surface area contributed by atoms with E-state index in [1.165, 1.54) is 11.3 Å². The van der Waals surface area contributed by atoms with Gasteiger partial charge in [-0.15, -0.1) is 11.3 Å². The Hall–Kier alpha value is -4.07. The number of rotatable bonds is 9. The van der Waals surface area contributed by atoms with Crippen LogP contribution < -0.4 is 10.6 Å². The van der Waals surface area contributed by atoms with E-state index in [-0.39, 0.29) is 18.0 Å². The minimum absolute atomic E-state index is 0.0234. The van der Waals surface area contributed by atoms with Crippen LogP contribution in [0.25, 0.3) is 11.5 Å². The van der Waals surface area contributed by atoms with Gasteiger partial charge in [-0.3, -0.25) is 15.0 Å². The lowest BCUT2D eigenvalue weighted by Gasteiger charge is -2.31. The zero-order valence-electron chi connectivity index (χ0n) is 23.7. The number of nitrogens with zero attached hydrogens (tertiary/aromatic N) is 8. The van der Waals surface area contributed by atoms with Crippen molar-refractivity contribution in [1.29, 1.82) is 0 Å². The highest BCUT2D eigenvalue weighted by atomic mass is 32.1. The van der Waals surface area contributed by atoms with Crippen molar-refractivity contribution in [2.24, 2.45) is 5.92 Å². The van der Waals surface area contributed by atoms with E-state index >= 15 is 0 Å². The summed E-state index contributed by atoms with van der Waals surface area (Å²) in [6.07, 6.45) is 6.16. The van der Waals surface area contributed by atoms with Gasteiger partial charge in [-0.2, -0.15) is 4.98 Å².